The lowest BCUT2D eigenvalue weighted by Crippen LogP contribution is -2.15. The number of sulfonamides is 1. The van der Waals surface area contributed by atoms with Gasteiger partial charge in [0, 0.05) is 5.69 Å². The number of nitrogens with one attached hydrogen (secondary N) is 2. The molecule has 0 unspecified atom stereocenters. The van der Waals surface area contributed by atoms with Crippen LogP contribution in [-0.4, -0.2) is 37.3 Å². The van der Waals surface area contributed by atoms with Crippen LogP contribution in [0.4, 0.5) is 11.6 Å². The van der Waals surface area contributed by atoms with Gasteiger partial charge in [0.25, 0.3) is 10.0 Å². The highest BCUT2D eigenvalue weighted by atomic mass is 35.5. The first-order valence-electron chi connectivity index (χ1n) is 6.29. The molecule has 0 aliphatic heterocycles. The summed E-state index contributed by atoms with van der Waals surface area (Å²) in [5.74, 6) is -0.235. The minimum atomic E-state index is -3.84. The van der Waals surface area contributed by atoms with Crippen molar-refractivity contribution in [2.75, 3.05) is 23.0 Å². The van der Waals surface area contributed by atoms with Gasteiger partial charge < -0.3 is 10.1 Å². The molecular weight excluding hydrogens is 344 g/mol. The molecule has 0 aliphatic carbocycles. The zero-order valence-electron chi connectivity index (χ0n) is 12.0. The Morgan fingerprint density at radius 2 is 1.83 bits per heavy atom. The Morgan fingerprint density at radius 3 is 2.35 bits per heavy atom. The number of nitrogens with zero attached hydrogens (tertiary/aromatic N) is 2. The highest BCUT2D eigenvalue weighted by Crippen LogP contribution is 2.17. The van der Waals surface area contributed by atoms with E-state index in [-0.39, 0.29) is 22.6 Å². The number of methoxy groups -OCH3 is 1. The van der Waals surface area contributed by atoms with Gasteiger partial charge >= 0.3 is 0 Å². The van der Waals surface area contributed by atoms with Crippen molar-refractivity contribution in [1.82, 2.24) is 9.97 Å². The number of rotatable bonds is 6. The van der Waals surface area contributed by atoms with Crippen LogP contribution in [0.2, 0.25) is 0 Å². The van der Waals surface area contributed by atoms with E-state index in [0.29, 0.717) is 11.4 Å². The fraction of sp³-hybridized carbons (Fsp3) is 0.154. The van der Waals surface area contributed by atoms with E-state index in [9.17, 15) is 13.2 Å². The number of carbonyl (C=O) groups excluding carboxylic acids is 1. The smallest absolute Gasteiger partial charge is 0.264 e. The van der Waals surface area contributed by atoms with E-state index in [1.807, 2.05) is 0 Å². The van der Waals surface area contributed by atoms with Crippen molar-refractivity contribution < 1.29 is 17.9 Å². The lowest BCUT2D eigenvalue weighted by molar-refractivity contribution is -0.113. The summed E-state index contributed by atoms with van der Waals surface area (Å²) in [4.78, 5) is 18.8. The molecule has 2 aromatic rings. The van der Waals surface area contributed by atoms with Crippen LogP contribution in [0.3, 0.4) is 0 Å². The van der Waals surface area contributed by atoms with Gasteiger partial charge in [0.1, 0.15) is 5.88 Å². The number of ether oxygens (including phenoxy) is 1. The molecule has 0 saturated carbocycles. The van der Waals surface area contributed by atoms with E-state index >= 15 is 0 Å². The molecular formula is C13H13ClN4O4S. The zero-order chi connectivity index (χ0) is 16.9. The van der Waals surface area contributed by atoms with Crippen molar-refractivity contribution >= 4 is 39.2 Å². The summed E-state index contributed by atoms with van der Waals surface area (Å²) in [6.45, 7) is 0. The van der Waals surface area contributed by atoms with Gasteiger partial charge in [0.05, 0.1) is 24.4 Å². The molecule has 122 valence electrons. The van der Waals surface area contributed by atoms with E-state index in [4.69, 9.17) is 16.3 Å². The molecule has 2 N–H and O–H groups in total. The van der Waals surface area contributed by atoms with E-state index in [1.54, 1.807) is 0 Å². The zero-order valence-corrected chi connectivity index (χ0v) is 13.6. The highest BCUT2D eigenvalue weighted by molar-refractivity contribution is 7.92. The van der Waals surface area contributed by atoms with E-state index in [1.165, 1.54) is 43.8 Å². The second kappa shape index (κ2) is 7.25. The van der Waals surface area contributed by atoms with Gasteiger partial charge in [-0.25, -0.2) is 23.1 Å². The van der Waals surface area contributed by atoms with Crippen LogP contribution in [0.1, 0.15) is 0 Å². The summed E-state index contributed by atoms with van der Waals surface area (Å²) in [5, 5.41) is 2.51. The molecule has 0 aliphatic rings. The summed E-state index contributed by atoms with van der Waals surface area (Å²) in [5.41, 5.74) is 0.440. The first kappa shape index (κ1) is 17.0. The molecule has 0 atom stereocenters. The second-order valence-electron chi connectivity index (χ2n) is 4.26. The third-order valence-electron chi connectivity index (χ3n) is 2.66. The van der Waals surface area contributed by atoms with Crippen LogP contribution >= 0.6 is 11.6 Å². The van der Waals surface area contributed by atoms with Crippen LogP contribution in [0.5, 0.6) is 5.75 Å². The minimum absolute atomic E-state index is 0.000732. The number of amides is 1. The van der Waals surface area contributed by atoms with Crippen LogP contribution in [0.25, 0.3) is 0 Å². The standard InChI is InChI=1S/C13H13ClN4O4S/c1-22-10-7-15-13(16-8-10)18-23(20,21)11-4-2-9(3-5-11)17-12(19)6-14/h2-5,7-8H,6H2,1H3,(H,17,19)(H,15,16,18). The summed E-state index contributed by atoms with van der Waals surface area (Å²) in [7, 11) is -2.39. The number of aromatic nitrogens is 2. The predicted octanol–water partition coefficient (Wildman–Crippen LogP) is 1.46. The normalized spacial score (nSPS) is 10.9. The molecule has 1 heterocycles. The maximum absolute atomic E-state index is 12.2. The quantitative estimate of drug-likeness (QED) is 0.758. The predicted molar refractivity (Wildman–Crippen MR) is 85.2 cm³/mol. The molecule has 0 spiro atoms. The van der Waals surface area contributed by atoms with Gasteiger partial charge in [-0.2, -0.15) is 0 Å². The molecule has 0 fully saturated rings. The van der Waals surface area contributed by atoms with Gasteiger partial charge in [0.2, 0.25) is 11.9 Å². The number of alkyl halides is 1. The van der Waals surface area contributed by atoms with Crippen molar-refractivity contribution in [3.8, 4) is 5.75 Å². The average molecular weight is 357 g/mol. The Morgan fingerprint density at radius 1 is 1.22 bits per heavy atom. The first-order chi connectivity index (χ1) is 10.9. The molecule has 0 radical (unpaired) electrons. The van der Waals surface area contributed by atoms with E-state index in [0.717, 1.165) is 0 Å². The number of halogens is 1. The molecule has 1 aromatic carbocycles. The molecule has 8 nitrogen and oxygen atoms in total. The highest BCUT2D eigenvalue weighted by Gasteiger charge is 2.15. The third-order valence-corrected chi connectivity index (χ3v) is 4.25. The maximum Gasteiger partial charge on any atom is 0.264 e. The monoisotopic (exact) mass is 356 g/mol. The molecule has 1 aromatic heterocycles. The largest absolute Gasteiger partial charge is 0.494 e. The minimum Gasteiger partial charge on any atom is -0.494 e. The van der Waals surface area contributed by atoms with Crippen LogP contribution < -0.4 is 14.8 Å². The van der Waals surface area contributed by atoms with E-state index in [2.05, 4.69) is 20.0 Å². The molecule has 2 rings (SSSR count). The fourth-order valence-corrected chi connectivity index (χ4v) is 2.59. The van der Waals surface area contributed by atoms with Gasteiger partial charge in [-0.1, -0.05) is 0 Å². The summed E-state index contributed by atoms with van der Waals surface area (Å²) in [6, 6.07) is 5.59. The van der Waals surface area contributed by atoms with Crippen LogP contribution in [0.15, 0.2) is 41.6 Å². The Bertz CT molecular complexity index is 779. The van der Waals surface area contributed by atoms with Crippen molar-refractivity contribution in [3.63, 3.8) is 0 Å². The Kier molecular flexibility index (Phi) is 5.35. The number of anilines is 2. The number of benzene rings is 1. The van der Waals surface area contributed by atoms with E-state index < -0.39 is 10.0 Å². The maximum atomic E-state index is 12.2. The topological polar surface area (TPSA) is 110 Å². The number of carbonyl (C=O) groups is 1. The molecule has 0 saturated heterocycles. The van der Waals surface area contributed by atoms with Crippen molar-refractivity contribution in [2.24, 2.45) is 0 Å². The number of hydrogen-bond acceptors (Lipinski definition) is 6. The van der Waals surface area contributed by atoms with Crippen molar-refractivity contribution in [1.29, 1.82) is 0 Å². The fourth-order valence-electron chi connectivity index (χ4n) is 1.57. The van der Waals surface area contributed by atoms with Crippen molar-refractivity contribution in [3.05, 3.63) is 36.7 Å². The SMILES string of the molecule is COc1cnc(NS(=O)(=O)c2ccc(NC(=O)CCl)cc2)nc1. The molecule has 1 amide bonds. The summed E-state index contributed by atoms with van der Waals surface area (Å²) in [6.07, 6.45) is 2.69. The van der Waals surface area contributed by atoms with Gasteiger partial charge in [-0.3, -0.25) is 4.79 Å². The third kappa shape index (κ3) is 4.54. The van der Waals surface area contributed by atoms with Crippen LogP contribution in [-0.2, 0) is 14.8 Å². The second-order valence-corrected chi connectivity index (χ2v) is 6.21. The van der Waals surface area contributed by atoms with Crippen LogP contribution in [0, 0.1) is 0 Å². The molecule has 10 heteroatoms. The molecule has 0 bridgehead atoms. The Balaban J connectivity index is 2.13. The molecule has 23 heavy (non-hydrogen) atoms. The van der Waals surface area contributed by atoms with Gasteiger partial charge in [-0.05, 0) is 24.3 Å². The summed E-state index contributed by atoms with van der Waals surface area (Å²) < 4.78 is 31.6. The lowest BCUT2D eigenvalue weighted by atomic mass is 10.3. The summed E-state index contributed by atoms with van der Waals surface area (Å²) >= 11 is 5.38. The Hall–Kier alpha value is -2.39. The first-order valence-corrected chi connectivity index (χ1v) is 8.31. The lowest BCUT2D eigenvalue weighted by Gasteiger charge is -2.08. The average Bonchev–Trinajstić information content (AvgIpc) is 2.55. The number of hydrogen-bond donors (Lipinski definition) is 2. The Labute approximate surface area is 137 Å². The van der Waals surface area contributed by atoms with Gasteiger partial charge in [0.15, 0.2) is 5.75 Å². The van der Waals surface area contributed by atoms with Crippen molar-refractivity contribution in [2.45, 2.75) is 4.90 Å². The van der Waals surface area contributed by atoms with Gasteiger partial charge in [-0.15, -0.1) is 11.6 Å².